The molecule has 0 spiro atoms. The van der Waals surface area contributed by atoms with Gasteiger partial charge in [-0.15, -0.1) is 0 Å². The van der Waals surface area contributed by atoms with E-state index in [4.69, 9.17) is 9.72 Å². The van der Waals surface area contributed by atoms with Gasteiger partial charge in [0.25, 0.3) is 0 Å². The molecule has 1 aromatic heterocycles. The lowest BCUT2D eigenvalue weighted by molar-refractivity contribution is -0.0127. The smallest absolute Gasteiger partial charge is 0.0513 e. The van der Waals surface area contributed by atoms with Crippen molar-refractivity contribution in [2.45, 2.75) is 173 Å². The van der Waals surface area contributed by atoms with Crippen LogP contribution in [0.3, 0.4) is 0 Å². The van der Waals surface area contributed by atoms with Gasteiger partial charge in [0.05, 0.1) is 6.61 Å². The van der Waals surface area contributed by atoms with Crippen LogP contribution in [0.1, 0.15) is 162 Å². The van der Waals surface area contributed by atoms with Crippen molar-refractivity contribution in [3.8, 4) is 0 Å². The average Bonchev–Trinajstić information content (AvgIpc) is 2.90. The monoisotopic (exact) mass is 606 g/mol. The van der Waals surface area contributed by atoms with Crippen LogP contribution in [-0.4, -0.2) is 65.8 Å². The Morgan fingerprint density at radius 1 is 0.605 bits per heavy atom. The Bertz CT molecular complexity index is 851. The van der Waals surface area contributed by atoms with Crippen LogP contribution in [0.25, 0.3) is 0 Å². The van der Waals surface area contributed by atoms with Crippen molar-refractivity contribution in [3.05, 3.63) is 29.6 Å². The topological polar surface area (TPSA) is 28.6 Å². The second-order valence-corrected chi connectivity index (χ2v) is 16.5. The minimum absolute atomic E-state index is 0.00410. The van der Waals surface area contributed by atoms with Gasteiger partial charge in [-0.25, -0.2) is 0 Å². The van der Waals surface area contributed by atoms with Gasteiger partial charge in [0.2, 0.25) is 0 Å². The number of hydrogen-bond donors (Lipinski definition) is 0. The first kappa shape index (κ1) is 44.2. The zero-order valence-electron chi connectivity index (χ0n) is 33.1. The van der Waals surface area contributed by atoms with E-state index in [-0.39, 0.29) is 27.3 Å². The van der Waals surface area contributed by atoms with Gasteiger partial charge in [0.1, 0.15) is 0 Å². The van der Waals surface area contributed by atoms with E-state index < -0.39 is 0 Å². The fraction of sp³-hybridized carbons (Fsp3) is 0.872. The highest BCUT2D eigenvalue weighted by atomic mass is 16.5. The van der Waals surface area contributed by atoms with Crippen LogP contribution in [0.4, 0.5) is 0 Å². The quantitative estimate of drug-likeness (QED) is 0.251. The molecular weight excluding hydrogens is 526 g/mol. The Kier molecular flexibility index (Phi) is 18.7. The predicted octanol–water partition coefficient (Wildman–Crippen LogP) is 10.8. The molecule has 4 nitrogen and oxygen atoms in total. The number of hydrogen-bond acceptors (Lipinski definition) is 4. The van der Waals surface area contributed by atoms with Crippen LogP contribution in [0.2, 0.25) is 0 Å². The zero-order chi connectivity index (χ0) is 34.5. The lowest BCUT2D eigenvalue weighted by Gasteiger charge is -2.51. The Morgan fingerprint density at radius 3 is 1.37 bits per heavy atom. The van der Waals surface area contributed by atoms with Crippen LogP contribution in [0.15, 0.2) is 18.3 Å². The minimum Gasteiger partial charge on any atom is -0.384 e. The van der Waals surface area contributed by atoms with Gasteiger partial charge in [0, 0.05) is 61.7 Å². The summed E-state index contributed by atoms with van der Waals surface area (Å²) in [5.41, 5.74) is 3.40. The molecule has 43 heavy (non-hydrogen) atoms. The number of rotatable bonds is 11. The molecule has 0 amide bonds. The lowest BCUT2D eigenvalue weighted by atomic mass is 9.71. The van der Waals surface area contributed by atoms with Crippen molar-refractivity contribution in [3.63, 3.8) is 0 Å². The first-order valence-electron chi connectivity index (χ1n) is 17.6. The van der Waals surface area contributed by atoms with Crippen LogP contribution in [0, 0.1) is 10.8 Å². The maximum atomic E-state index is 5.47. The van der Waals surface area contributed by atoms with E-state index in [2.05, 4.69) is 118 Å². The van der Waals surface area contributed by atoms with Crippen LogP contribution in [-0.2, 0) is 15.6 Å². The molecule has 0 aliphatic carbocycles. The molecule has 1 aromatic rings. The van der Waals surface area contributed by atoms with Gasteiger partial charge in [-0.3, -0.25) is 14.8 Å². The number of aromatic nitrogens is 1. The number of methoxy groups -OCH3 is 1. The van der Waals surface area contributed by atoms with Gasteiger partial charge in [-0.2, -0.15) is 0 Å². The first-order valence-corrected chi connectivity index (χ1v) is 17.6. The summed E-state index contributed by atoms with van der Waals surface area (Å²) in [4.78, 5) is 10.5. The fourth-order valence-corrected chi connectivity index (χ4v) is 7.55. The van der Waals surface area contributed by atoms with Gasteiger partial charge in [-0.1, -0.05) is 110 Å². The third-order valence-corrected chi connectivity index (χ3v) is 8.52. The van der Waals surface area contributed by atoms with E-state index in [9.17, 15) is 0 Å². The number of ether oxygens (including phenoxy) is 1. The third kappa shape index (κ3) is 14.8. The predicted molar refractivity (Wildman–Crippen MR) is 195 cm³/mol. The molecule has 1 fully saturated rings. The Hall–Kier alpha value is -0.970. The molecule has 0 saturated carbocycles. The molecule has 2 rings (SSSR count). The van der Waals surface area contributed by atoms with E-state index in [0.29, 0.717) is 5.41 Å². The van der Waals surface area contributed by atoms with Crippen LogP contribution < -0.4 is 0 Å². The summed E-state index contributed by atoms with van der Waals surface area (Å²) in [7, 11) is 1.79. The summed E-state index contributed by atoms with van der Waals surface area (Å²) in [6, 6.07) is 4.60. The fourth-order valence-electron chi connectivity index (χ4n) is 7.55. The molecular formula is C39H79N3O. The zero-order valence-corrected chi connectivity index (χ0v) is 33.1. The van der Waals surface area contributed by atoms with E-state index >= 15 is 0 Å². The molecule has 0 atom stereocenters. The van der Waals surface area contributed by atoms with E-state index in [1.54, 1.807) is 7.11 Å². The maximum Gasteiger partial charge on any atom is 0.0513 e. The second kappa shape index (κ2) is 18.2. The number of nitrogens with zero attached hydrogens (tertiary/aromatic N) is 3. The molecule has 1 aliphatic rings. The summed E-state index contributed by atoms with van der Waals surface area (Å²) in [6.45, 7) is 48.1. The lowest BCUT2D eigenvalue weighted by Crippen LogP contribution is -2.60. The molecule has 0 bridgehead atoms. The third-order valence-electron chi connectivity index (χ3n) is 8.52. The van der Waals surface area contributed by atoms with Gasteiger partial charge >= 0.3 is 0 Å². The van der Waals surface area contributed by atoms with E-state index in [1.165, 1.54) is 17.7 Å². The molecule has 0 aromatic carbocycles. The van der Waals surface area contributed by atoms with Crippen molar-refractivity contribution in [1.82, 2.24) is 14.8 Å². The van der Waals surface area contributed by atoms with Crippen molar-refractivity contribution in [2.24, 2.45) is 10.8 Å². The van der Waals surface area contributed by atoms with Crippen LogP contribution >= 0.6 is 0 Å². The Balaban J connectivity index is 0. The SMILES string of the molecule is CC.CC.CC.COCC(C)(C)CC(C)(C)c1ccc(C(C)(C)CC(C)(C)N2CCN(C(C)(C)CC(C)(C)C)CC2)nc1. The summed E-state index contributed by atoms with van der Waals surface area (Å²) in [6.07, 6.45) is 5.49. The summed E-state index contributed by atoms with van der Waals surface area (Å²) in [5, 5.41) is 0. The van der Waals surface area contributed by atoms with Gasteiger partial charge in [-0.05, 0) is 74.8 Å². The van der Waals surface area contributed by atoms with Crippen LogP contribution in [0.5, 0.6) is 0 Å². The highest BCUT2D eigenvalue weighted by Crippen LogP contribution is 2.39. The normalized spacial score (nSPS) is 15.8. The molecule has 4 heteroatoms. The number of piperazine rings is 1. The van der Waals surface area contributed by atoms with E-state index in [0.717, 1.165) is 45.6 Å². The molecule has 0 unspecified atom stereocenters. The average molecular weight is 606 g/mol. The van der Waals surface area contributed by atoms with Crippen molar-refractivity contribution in [2.75, 3.05) is 39.9 Å². The molecule has 256 valence electrons. The van der Waals surface area contributed by atoms with Gasteiger partial charge < -0.3 is 4.74 Å². The van der Waals surface area contributed by atoms with Crippen molar-refractivity contribution in [1.29, 1.82) is 0 Å². The second-order valence-electron chi connectivity index (χ2n) is 16.5. The molecule has 2 heterocycles. The molecule has 0 N–H and O–H groups in total. The first-order chi connectivity index (χ1) is 19.6. The van der Waals surface area contributed by atoms with Crippen molar-refractivity contribution >= 4 is 0 Å². The van der Waals surface area contributed by atoms with E-state index in [1.807, 2.05) is 41.5 Å². The Labute approximate surface area is 272 Å². The number of pyridine rings is 1. The summed E-state index contributed by atoms with van der Waals surface area (Å²) < 4.78 is 5.47. The van der Waals surface area contributed by atoms with Gasteiger partial charge in [0.15, 0.2) is 0 Å². The standard InChI is InChI=1S/C33H61N3O.3C2H6/c1-28(2,3)22-32(10,11)35-17-19-36(20-18-35)33(12,13)24-31(8,9)27-16-15-26(21-34-27)30(6,7)23-29(4,5)25-37-14;3*1-2/h15-16,21H,17-20,22-25H2,1-14H3;3*1-2H3. The minimum atomic E-state index is 0.00410. The highest BCUT2D eigenvalue weighted by molar-refractivity contribution is 5.26. The summed E-state index contributed by atoms with van der Waals surface area (Å²) >= 11 is 0. The molecule has 0 radical (unpaired) electrons. The summed E-state index contributed by atoms with van der Waals surface area (Å²) in [5.74, 6) is 0. The maximum absolute atomic E-state index is 5.47. The molecule has 1 saturated heterocycles. The molecule has 1 aliphatic heterocycles. The largest absolute Gasteiger partial charge is 0.384 e. The van der Waals surface area contributed by atoms with Crippen molar-refractivity contribution < 1.29 is 4.74 Å². The highest BCUT2D eigenvalue weighted by Gasteiger charge is 2.40. The Morgan fingerprint density at radius 2 is 1.02 bits per heavy atom.